The van der Waals surface area contributed by atoms with Gasteiger partial charge in [-0.15, -0.1) is 0 Å². The molecule has 0 aromatic heterocycles. The van der Waals surface area contributed by atoms with Crippen molar-refractivity contribution in [1.82, 2.24) is 0 Å². The van der Waals surface area contributed by atoms with E-state index >= 15 is 0 Å². The van der Waals surface area contributed by atoms with Crippen molar-refractivity contribution in [1.29, 1.82) is 0 Å². The summed E-state index contributed by atoms with van der Waals surface area (Å²) in [6, 6.07) is 27.5. The Morgan fingerprint density at radius 2 is 1.36 bits per heavy atom. The number of hydrogen-bond acceptors (Lipinski definition) is 1. The van der Waals surface area contributed by atoms with Gasteiger partial charge in [0.1, 0.15) is 6.54 Å². The second kappa shape index (κ2) is 12.8. The predicted molar refractivity (Wildman–Crippen MR) is 197 cm³/mol. The summed E-state index contributed by atoms with van der Waals surface area (Å²) in [5, 5.41) is 5.46. The summed E-state index contributed by atoms with van der Waals surface area (Å²) in [4.78, 5) is 2.70. The fourth-order valence-corrected chi connectivity index (χ4v) is 8.08. The van der Waals surface area contributed by atoms with E-state index in [1.54, 1.807) is 0 Å². The van der Waals surface area contributed by atoms with Crippen LogP contribution in [0, 0.1) is 0 Å². The monoisotopic (exact) mass is 595 g/mol. The minimum absolute atomic E-state index is 0.0563. The third kappa shape index (κ3) is 5.58. The molecule has 2 aliphatic heterocycles. The van der Waals surface area contributed by atoms with Gasteiger partial charge < -0.3 is 4.90 Å². The summed E-state index contributed by atoms with van der Waals surface area (Å²) >= 11 is 0. The smallest absolute Gasteiger partial charge is 0.210 e. The molecule has 2 heterocycles. The summed E-state index contributed by atoms with van der Waals surface area (Å²) in [7, 11) is 0. The van der Waals surface area contributed by atoms with Crippen molar-refractivity contribution >= 4 is 38.6 Å². The average molecular weight is 596 g/mol. The lowest BCUT2D eigenvalue weighted by Gasteiger charge is -2.34. The third-order valence-electron chi connectivity index (χ3n) is 10.4. The minimum Gasteiger partial charge on any atom is -0.367 e. The molecule has 0 N–H and O–H groups in total. The van der Waals surface area contributed by atoms with Gasteiger partial charge in [0.05, 0.1) is 5.41 Å². The predicted octanol–water partition coefficient (Wildman–Crippen LogP) is 11.2. The normalized spacial score (nSPS) is 18.8. The number of unbranched alkanes of at least 4 members (excludes halogenated alkanes) is 2. The first kappa shape index (κ1) is 31.1. The van der Waals surface area contributed by atoms with Crippen LogP contribution in [0.25, 0.3) is 21.5 Å². The molecule has 6 rings (SSSR count). The Kier molecular flexibility index (Phi) is 8.87. The third-order valence-corrected chi connectivity index (χ3v) is 10.4. The maximum absolute atomic E-state index is 2.70. The van der Waals surface area contributed by atoms with Crippen molar-refractivity contribution in [2.45, 2.75) is 90.5 Å². The van der Waals surface area contributed by atoms with Crippen LogP contribution in [0.3, 0.4) is 0 Å². The van der Waals surface area contributed by atoms with Gasteiger partial charge >= 0.3 is 0 Å². The van der Waals surface area contributed by atoms with Gasteiger partial charge in [-0.3, -0.25) is 0 Å². The molecule has 2 nitrogen and oxygen atoms in total. The van der Waals surface area contributed by atoms with Crippen molar-refractivity contribution in [3.05, 3.63) is 120 Å². The molecule has 2 aliphatic rings. The largest absolute Gasteiger partial charge is 0.367 e. The van der Waals surface area contributed by atoms with Crippen LogP contribution in [0.1, 0.15) is 84.8 Å². The van der Waals surface area contributed by atoms with Crippen LogP contribution < -0.4 is 4.90 Å². The van der Waals surface area contributed by atoms with Crippen LogP contribution in [-0.4, -0.2) is 29.4 Å². The van der Waals surface area contributed by atoms with Gasteiger partial charge in [-0.05, 0) is 65.9 Å². The highest BCUT2D eigenvalue weighted by Crippen LogP contribution is 2.50. The zero-order valence-corrected chi connectivity index (χ0v) is 28.3. The fraction of sp³-hybridized carbons (Fsp3) is 0.372. The molecule has 0 spiro atoms. The number of rotatable bonds is 11. The van der Waals surface area contributed by atoms with E-state index in [0.29, 0.717) is 6.04 Å². The number of allylic oxidation sites excluding steroid dienone is 5. The first-order valence-corrected chi connectivity index (χ1v) is 17.3. The molecular formula is C43H51N2+. The Hall–Kier alpha value is -3.91. The van der Waals surface area contributed by atoms with Crippen molar-refractivity contribution < 1.29 is 4.58 Å². The van der Waals surface area contributed by atoms with Gasteiger partial charge in [0.25, 0.3) is 0 Å². The highest BCUT2D eigenvalue weighted by Gasteiger charge is 2.46. The molecule has 1 unspecified atom stereocenters. The summed E-state index contributed by atoms with van der Waals surface area (Å²) in [6.07, 6.45) is 19.5. The zero-order chi connectivity index (χ0) is 31.6. The Balaban J connectivity index is 1.21. The Morgan fingerprint density at radius 1 is 0.711 bits per heavy atom. The van der Waals surface area contributed by atoms with Gasteiger partial charge in [0, 0.05) is 47.8 Å². The van der Waals surface area contributed by atoms with Gasteiger partial charge in [-0.2, -0.15) is 4.58 Å². The van der Waals surface area contributed by atoms with E-state index in [1.165, 1.54) is 75.4 Å². The van der Waals surface area contributed by atoms with Crippen molar-refractivity contribution in [2.24, 2.45) is 0 Å². The van der Waals surface area contributed by atoms with E-state index in [4.69, 9.17) is 0 Å². The second-order valence-corrected chi connectivity index (χ2v) is 14.1. The van der Waals surface area contributed by atoms with Gasteiger partial charge in [-0.1, -0.05) is 126 Å². The summed E-state index contributed by atoms with van der Waals surface area (Å²) in [5.41, 5.74) is 7.19. The highest BCUT2D eigenvalue weighted by molar-refractivity contribution is 6.07. The molecule has 0 amide bonds. The van der Waals surface area contributed by atoms with Crippen molar-refractivity contribution in [3.63, 3.8) is 0 Å². The van der Waals surface area contributed by atoms with Crippen LogP contribution in [0.2, 0.25) is 0 Å². The highest BCUT2D eigenvalue weighted by atomic mass is 15.2. The lowest BCUT2D eigenvalue weighted by Crippen LogP contribution is -2.41. The number of hydrogen-bond donors (Lipinski definition) is 0. The summed E-state index contributed by atoms with van der Waals surface area (Å²) < 4.78 is 2.57. The molecular weight excluding hydrogens is 544 g/mol. The molecule has 4 aromatic rings. The Morgan fingerprint density at radius 3 is 2.07 bits per heavy atom. The van der Waals surface area contributed by atoms with Crippen LogP contribution in [-0.2, 0) is 10.8 Å². The number of nitrogens with zero attached hydrogens (tertiary/aromatic N) is 2. The maximum Gasteiger partial charge on any atom is 0.210 e. The zero-order valence-electron chi connectivity index (χ0n) is 28.3. The van der Waals surface area contributed by atoms with Crippen LogP contribution in [0.15, 0.2) is 109 Å². The van der Waals surface area contributed by atoms with E-state index in [9.17, 15) is 0 Å². The van der Waals surface area contributed by atoms with Crippen LogP contribution in [0.4, 0.5) is 11.4 Å². The summed E-state index contributed by atoms with van der Waals surface area (Å²) in [5.74, 6) is 0. The molecule has 2 heteroatoms. The molecule has 0 aliphatic carbocycles. The number of fused-ring (bicyclic) bond motifs is 6. The topological polar surface area (TPSA) is 6.25 Å². The van der Waals surface area contributed by atoms with Gasteiger partial charge in [0.15, 0.2) is 5.71 Å². The molecule has 232 valence electrons. The van der Waals surface area contributed by atoms with Crippen LogP contribution >= 0.6 is 0 Å². The van der Waals surface area contributed by atoms with Crippen molar-refractivity contribution in [3.8, 4) is 0 Å². The maximum atomic E-state index is 2.70. The molecule has 1 atom stereocenters. The molecule has 0 saturated carbocycles. The van der Waals surface area contributed by atoms with E-state index in [0.717, 1.165) is 19.5 Å². The molecule has 0 fully saturated rings. The lowest BCUT2D eigenvalue weighted by molar-refractivity contribution is -0.438. The minimum atomic E-state index is -0.0563. The van der Waals surface area contributed by atoms with E-state index in [-0.39, 0.29) is 10.8 Å². The second-order valence-electron chi connectivity index (χ2n) is 14.1. The lowest BCUT2D eigenvalue weighted by atomic mass is 9.77. The van der Waals surface area contributed by atoms with E-state index in [1.807, 2.05) is 0 Å². The Bertz CT molecular complexity index is 1810. The van der Waals surface area contributed by atoms with Crippen molar-refractivity contribution in [2.75, 3.05) is 18.0 Å². The standard InChI is InChI=1S/C43H51N2/c1-7-9-30-44-36-28-26-32-20-16-18-22-34(32)40(36)42(3,4)38(44)24-14-12-11-13-15-25-39-43(5,6)41-35-23-19-17-21-33(35)27-29-37(41)45(39)31-10-8-2/h11-24,26-29,39H,7-10,25,30-31H2,1-6H3/q+1. The summed E-state index contributed by atoms with van der Waals surface area (Å²) in [6.45, 7) is 16.4. The molecule has 0 bridgehead atoms. The molecule has 0 saturated heterocycles. The fourth-order valence-electron chi connectivity index (χ4n) is 8.08. The van der Waals surface area contributed by atoms with Gasteiger partial charge in [-0.25, -0.2) is 0 Å². The van der Waals surface area contributed by atoms with Gasteiger partial charge in [0.2, 0.25) is 5.69 Å². The molecule has 45 heavy (non-hydrogen) atoms. The van der Waals surface area contributed by atoms with E-state index < -0.39 is 0 Å². The molecule has 4 aromatic carbocycles. The first-order chi connectivity index (χ1) is 21.8. The molecule has 0 radical (unpaired) electrons. The average Bonchev–Trinajstić information content (AvgIpc) is 3.40. The number of anilines is 1. The quantitative estimate of drug-likeness (QED) is 0.123. The first-order valence-electron chi connectivity index (χ1n) is 17.3. The van der Waals surface area contributed by atoms with Crippen LogP contribution in [0.5, 0.6) is 0 Å². The SMILES string of the molecule is CCCCN1c2ccc3ccccc3c2C(C)(C)C1CC=CC=CC=CC1=[N+](CCCC)c2ccc3ccccc3c2C1(C)C. The number of benzene rings is 4. The Labute approximate surface area is 271 Å². The van der Waals surface area contributed by atoms with E-state index in [2.05, 4.69) is 160 Å².